The second-order valence-electron chi connectivity index (χ2n) is 9.79. The monoisotopic (exact) mass is 387 g/mol. The van der Waals surface area contributed by atoms with E-state index in [0.29, 0.717) is 17.0 Å². The Kier molecular flexibility index (Phi) is 4.81. The van der Waals surface area contributed by atoms with Gasteiger partial charge < -0.3 is 15.1 Å². The average molecular weight is 388 g/mol. The first-order valence-corrected chi connectivity index (χ1v) is 10.6. The van der Waals surface area contributed by atoms with E-state index in [1.807, 2.05) is 27.9 Å². The van der Waals surface area contributed by atoms with Crippen molar-refractivity contribution in [1.29, 1.82) is 0 Å². The number of rotatable bonds is 6. The van der Waals surface area contributed by atoms with Gasteiger partial charge in [-0.05, 0) is 70.5 Å². The van der Waals surface area contributed by atoms with Gasteiger partial charge in [-0.2, -0.15) is 0 Å². The van der Waals surface area contributed by atoms with Gasteiger partial charge in [0.05, 0.1) is 17.4 Å². The number of nitrogens with zero attached hydrogens (tertiary/aromatic N) is 1. The van der Waals surface area contributed by atoms with Gasteiger partial charge in [0.15, 0.2) is 0 Å². The standard InChI is InChI=1S/C22H33N3O3/c1-14(2)18-17(6-9-28-18)19(26)23-15-10-21(11-15)12-16(13-21)24-20(27)22(25(3)4)7-5-8-22/h6,9,14-16H,5,7-8,10-13H2,1-4H3,(H,23,26)(H,24,27). The van der Waals surface area contributed by atoms with Crippen molar-refractivity contribution in [2.75, 3.05) is 14.1 Å². The molecule has 0 atom stereocenters. The molecule has 3 aliphatic carbocycles. The van der Waals surface area contributed by atoms with E-state index in [1.54, 1.807) is 12.3 Å². The van der Waals surface area contributed by atoms with E-state index in [9.17, 15) is 9.59 Å². The van der Waals surface area contributed by atoms with Crippen molar-refractivity contribution in [3.8, 4) is 0 Å². The van der Waals surface area contributed by atoms with E-state index < -0.39 is 0 Å². The Balaban J connectivity index is 1.23. The minimum atomic E-state index is -0.280. The summed E-state index contributed by atoms with van der Waals surface area (Å²) >= 11 is 0. The predicted molar refractivity (Wildman–Crippen MR) is 107 cm³/mol. The molecule has 154 valence electrons. The number of likely N-dealkylation sites (N-methyl/N-ethyl adjacent to an activating group) is 1. The molecular weight excluding hydrogens is 354 g/mol. The Morgan fingerprint density at radius 3 is 2.21 bits per heavy atom. The molecule has 4 rings (SSSR count). The molecule has 0 aromatic carbocycles. The van der Waals surface area contributed by atoms with E-state index in [-0.39, 0.29) is 29.3 Å². The van der Waals surface area contributed by atoms with Gasteiger partial charge in [-0.15, -0.1) is 0 Å². The van der Waals surface area contributed by atoms with E-state index in [4.69, 9.17) is 4.42 Å². The molecule has 2 N–H and O–H groups in total. The smallest absolute Gasteiger partial charge is 0.255 e. The molecule has 3 fully saturated rings. The molecular formula is C22H33N3O3. The number of furan rings is 1. The van der Waals surface area contributed by atoms with E-state index in [0.717, 1.165) is 50.7 Å². The van der Waals surface area contributed by atoms with Gasteiger partial charge in [-0.1, -0.05) is 13.8 Å². The number of carbonyl (C=O) groups excluding carboxylic acids is 2. The lowest BCUT2D eigenvalue weighted by Gasteiger charge is -2.58. The van der Waals surface area contributed by atoms with Crippen LogP contribution in [0.1, 0.15) is 80.8 Å². The molecule has 1 heterocycles. The number of nitrogens with one attached hydrogen (secondary N) is 2. The average Bonchev–Trinajstić information content (AvgIpc) is 2.98. The minimum absolute atomic E-state index is 0.0283. The number of carbonyl (C=O) groups is 2. The molecule has 1 aromatic heterocycles. The first-order valence-electron chi connectivity index (χ1n) is 10.6. The molecule has 0 aliphatic heterocycles. The highest BCUT2D eigenvalue weighted by molar-refractivity contribution is 5.95. The molecule has 6 nitrogen and oxygen atoms in total. The highest BCUT2D eigenvalue weighted by Crippen LogP contribution is 2.56. The maximum atomic E-state index is 12.7. The van der Waals surface area contributed by atoms with Crippen LogP contribution in [0.4, 0.5) is 0 Å². The third-order valence-corrected chi connectivity index (χ3v) is 7.31. The molecule has 6 heteroatoms. The zero-order chi connectivity index (χ0) is 20.1. The molecule has 0 bridgehead atoms. The Labute approximate surface area is 167 Å². The fourth-order valence-corrected chi connectivity index (χ4v) is 5.44. The second-order valence-corrected chi connectivity index (χ2v) is 9.79. The SMILES string of the molecule is CC(C)c1occc1C(=O)NC1CC2(C1)CC(NC(=O)C1(N(C)C)CCC1)C2. The number of hydrogen-bond donors (Lipinski definition) is 2. The van der Waals surface area contributed by atoms with Crippen molar-refractivity contribution in [2.24, 2.45) is 5.41 Å². The van der Waals surface area contributed by atoms with Crippen molar-refractivity contribution in [2.45, 2.75) is 82.3 Å². The Hall–Kier alpha value is -1.82. The molecule has 2 amide bonds. The first kappa shape index (κ1) is 19.5. The fourth-order valence-electron chi connectivity index (χ4n) is 5.44. The summed E-state index contributed by atoms with van der Waals surface area (Å²) in [5, 5.41) is 6.44. The van der Waals surface area contributed by atoms with Crippen LogP contribution >= 0.6 is 0 Å². The highest BCUT2D eigenvalue weighted by Gasteiger charge is 2.55. The summed E-state index contributed by atoms with van der Waals surface area (Å²) in [4.78, 5) is 27.3. The van der Waals surface area contributed by atoms with Crippen molar-refractivity contribution < 1.29 is 14.0 Å². The molecule has 0 radical (unpaired) electrons. The zero-order valence-corrected chi connectivity index (χ0v) is 17.5. The molecule has 1 spiro atoms. The number of amides is 2. The summed E-state index contributed by atoms with van der Waals surface area (Å²) in [5.74, 6) is 1.12. The third-order valence-electron chi connectivity index (χ3n) is 7.31. The van der Waals surface area contributed by atoms with Crippen LogP contribution in [0, 0.1) is 5.41 Å². The van der Waals surface area contributed by atoms with Crippen LogP contribution in [0.25, 0.3) is 0 Å². The van der Waals surface area contributed by atoms with Crippen molar-refractivity contribution in [3.05, 3.63) is 23.7 Å². The van der Waals surface area contributed by atoms with Crippen LogP contribution in [-0.4, -0.2) is 48.4 Å². The van der Waals surface area contributed by atoms with E-state index in [1.165, 1.54) is 0 Å². The summed E-state index contributed by atoms with van der Waals surface area (Å²) in [6.45, 7) is 4.06. The summed E-state index contributed by atoms with van der Waals surface area (Å²) < 4.78 is 5.46. The molecule has 28 heavy (non-hydrogen) atoms. The van der Waals surface area contributed by atoms with Crippen LogP contribution in [0.3, 0.4) is 0 Å². The van der Waals surface area contributed by atoms with Crippen LogP contribution in [0.2, 0.25) is 0 Å². The topological polar surface area (TPSA) is 74.6 Å². The van der Waals surface area contributed by atoms with Gasteiger partial charge in [-0.25, -0.2) is 0 Å². The summed E-state index contributed by atoms with van der Waals surface area (Å²) in [6.07, 6.45) is 8.76. The molecule has 1 aromatic rings. The predicted octanol–water partition coefficient (Wildman–Crippen LogP) is 3.04. The lowest BCUT2D eigenvalue weighted by Crippen LogP contribution is -2.66. The second kappa shape index (κ2) is 6.90. The molecule has 3 saturated carbocycles. The molecule has 3 aliphatic rings. The van der Waals surface area contributed by atoms with Gasteiger partial charge in [0.1, 0.15) is 5.76 Å². The third kappa shape index (κ3) is 3.15. The van der Waals surface area contributed by atoms with Gasteiger partial charge in [-0.3, -0.25) is 14.5 Å². The van der Waals surface area contributed by atoms with Crippen molar-refractivity contribution in [1.82, 2.24) is 15.5 Å². The van der Waals surface area contributed by atoms with Gasteiger partial charge >= 0.3 is 0 Å². The Bertz CT molecular complexity index is 749. The summed E-state index contributed by atoms with van der Waals surface area (Å²) in [7, 11) is 4.01. The zero-order valence-electron chi connectivity index (χ0n) is 17.5. The van der Waals surface area contributed by atoms with Crippen molar-refractivity contribution >= 4 is 11.8 Å². The number of hydrogen-bond acceptors (Lipinski definition) is 4. The molecule has 0 unspecified atom stereocenters. The quantitative estimate of drug-likeness (QED) is 0.787. The maximum Gasteiger partial charge on any atom is 0.255 e. The minimum Gasteiger partial charge on any atom is -0.468 e. The normalized spacial score (nSPS) is 30.5. The lowest BCUT2D eigenvalue weighted by atomic mass is 9.52. The first-order chi connectivity index (χ1) is 13.2. The lowest BCUT2D eigenvalue weighted by molar-refractivity contribution is -0.141. The van der Waals surface area contributed by atoms with Crippen LogP contribution in [0.15, 0.2) is 16.7 Å². The van der Waals surface area contributed by atoms with Crippen LogP contribution in [0.5, 0.6) is 0 Å². The fraction of sp³-hybridized carbons (Fsp3) is 0.727. The molecule has 0 saturated heterocycles. The largest absolute Gasteiger partial charge is 0.468 e. The Morgan fingerprint density at radius 1 is 1.11 bits per heavy atom. The van der Waals surface area contributed by atoms with Gasteiger partial charge in [0.25, 0.3) is 5.91 Å². The maximum absolute atomic E-state index is 12.7. The van der Waals surface area contributed by atoms with Crippen LogP contribution < -0.4 is 10.6 Å². The van der Waals surface area contributed by atoms with Crippen molar-refractivity contribution in [3.63, 3.8) is 0 Å². The van der Waals surface area contributed by atoms with E-state index >= 15 is 0 Å². The highest BCUT2D eigenvalue weighted by atomic mass is 16.3. The van der Waals surface area contributed by atoms with Gasteiger partial charge in [0, 0.05) is 18.0 Å². The van der Waals surface area contributed by atoms with E-state index in [2.05, 4.69) is 15.5 Å². The van der Waals surface area contributed by atoms with Crippen LogP contribution in [-0.2, 0) is 4.79 Å². The summed E-state index contributed by atoms with van der Waals surface area (Å²) in [6, 6.07) is 2.29. The van der Waals surface area contributed by atoms with Gasteiger partial charge in [0.2, 0.25) is 5.91 Å². The summed E-state index contributed by atoms with van der Waals surface area (Å²) in [5.41, 5.74) is 0.694. The Morgan fingerprint density at radius 2 is 1.71 bits per heavy atom.